The van der Waals surface area contributed by atoms with E-state index in [0.29, 0.717) is 5.01 Å². The molecule has 150 valence electrons. The largest absolute Gasteiger partial charge is 0.443 e. The van der Waals surface area contributed by atoms with Crippen molar-refractivity contribution in [2.45, 2.75) is 59.4 Å². The molecule has 0 heterocycles. The molecule has 0 saturated heterocycles. The number of nitrogens with zero attached hydrogens (tertiary/aromatic N) is 2. The Labute approximate surface area is 159 Å². The molecular formula is C19H28N2O6. The van der Waals surface area contributed by atoms with Crippen molar-refractivity contribution in [3.05, 3.63) is 35.9 Å². The number of imide groups is 1. The van der Waals surface area contributed by atoms with Crippen molar-refractivity contribution >= 4 is 18.3 Å². The van der Waals surface area contributed by atoms with Gasteiger partial charge in [-0.25, -0.2) is 19.4 Å². The lowest BCUT2D eigenvalue weighted by atomic mass is 10.2. The maximum atomic E-state index is 12.5. The highest BCUT2D eigenvalue weighted by Crippen LogP contribution is 2.16. The van der Waals surface area contributed by atoms with Gasteiger partial charge in [0.25, 0.3) is 0 Å². The van der Waals surface area contributed by atoms with Gasteiger partial charge in [0.1, 0.15) is 17.8 Å². The van der Waals surface area contributed by atoms with Crippen LogP contribution in [0, 0.1) is 0 Å². The van der Waals surface area contributed by atoms with E-state index in [1.54, 1.807) is 65.8 Å². The number of hydrogen-bond donors (Lipinski definition) is 0. The lowest BCUT2D eigenvalue weighted by Gasteiger charge is -2.32. The van der Waals surface area contributed by atoms with Crippen LogP contribution in [0.15, 0.2) is 30.3 Å². The quantitative estimate of drug-likeness (QED) is 0.560. The molecule has 0 N–H and O–H groups in total. The third-order valence-electron chi connectivity index (χ3n) is 2.90. The summed E-state index contributed by atoms with van der Waals surface area (Å²) in [5.41, 5.74) is -0.974. The second-order valence-electron chi connectivity index (χ2n) is 7.84. The molecule has 8 nitrogen and oxygen atoms in total. The normalized spacial score (nSPS) is 11.4. The van der Waals surface area contributed by atoms with Crippen molar-refractivity contribution in [3.8, 4) is 0 Å². The molecule has 8 heteroatoms. The summed E-state index contributed by atoms with van der Waals surface area (Å²) in [5.74, 6) is 0. The fraction of sp³-hybridized carbons (Fsp3) is 0.526. The predicted octanol–water partition coefficient (Wildman–Crippen LogP) is 4.34. The van der Waals surface area contributed by atoms with Gasteiger partial charge in [-0.2, -0.15) is 0 Å². The summed E-state index contributed by atoms with van der Waals surface area (Å²) in [6.45, 7) is 9.86. The maximum Gasteiger partial charge on any atom is 0.439 e. The van der Waals surface area contributed by atoms with E-state index < -0.39 is 29.5 Å². The molecule has 0 aromatic heterocycles. The maximum absolute atomic E-state index is 12.5. The van der Waals surface area contributed by atoms with Crippen molar-refractivity contribution < 1.29 is 28.6 Å². The summed E-state index contributed by atoms with van der Waals surface area (Å²) < 4.78 is 15.6. The minimum absolute atomic E-state index is 0.0134. The first-order valence-corrected chi connectivity index (χ1v) is 8.50. The van der Waals surface area contributed by atoms with Crippen LogP contribution in [0.3, 0.4) is 0 Å². The van der Waals surface area contributed by atoms with E-state index >= 15 is 0 Å². The Kier molecular flexibility index (Phi) is 7.21. The van der Waals surface area contributed by atoms with Crippen LogP contribution in [0.25, 0.3) is 0 Å². The van der Waals surface area contributed by atoms with Crippen LogP contribution in [-0.4, -0.2) is 46.5 Å². The fourth-order valence-electron chi connectivity index (χ4n) is 1.82. The van der Waals surface area contributed by atoms with Crippen LogP contribution in [0.1, 0.15) is 47.1 Å². The van der Waals surface area contributed by atoms with Gasteiger partial charge in [-0.15, -0.1) is 5.01 Å². The predicted molar refractivity (Wildman–Crippen MR) is 98.7 cm³/mol. The van der Waals surface area contributed by atoms with Gasteiger partial charge in [-0.3, -0.25) is 0 Å². The van der Waals surface area contributed by atoms with Crippen LogP contribution in [-0.2, 0) is 20.8 Å². The van der Waals surface area contributed by atoms with Crippen LogP contribution in [0.2, 0.25) is 0 Å². The molecule has 0 radical (unpaired) electrons. The molecule has 3 amide bonds. The molecule has 27 heavy (non-hydrogen) atoms. The first-order valence-electron chi connectivity index (χ1n) is 8.50. The molecule has 0 saturated carbocycles. The van der Waals surface area contributed by atoms with E-state index in [0.717, 1.165) is 10.6 Å². The Morgan fingerprint density at radius 1 is 0.815 bits per heavy atom. The smallest absolute Gasteiger partial charge is 0.439 e. The van der Waals surface area contributed by atoms with Gasteiger partial charge in [-0.05, 0) is 47.1 Å². The average molecular weight is 380 g/mol. The molecule has 1 aromatic rings. The Bertz CT molecular complexity index is 633. The van der Waals surface area contributed by atoms with Crippen molar-refractivity contribution in [2.24, 2.45) is 0 Å². The van der Waals surface area contributed by atoms with Gasteiger partial charge in [0.05, 0.1) is 0 Å². The number of hydrazine groups is 1. The van der Waals surface area contributed by atoms with Crippen LogP contribution in [0.4, 0.5) is 14.4 Å². The molecule has 0 fully saturated rings. The number of amides is 3. The Balaban J connectivity index is 2.93. The molecule has 0 bridgehead atoms. The number of carbonyl (C=O) groups is 3. The first-order chi connectivity index (χ1) is 12.3. The minimum Gasteiger partial charge on any atom is -0.443 e. The monoisotopic (exact) mass is 380 g/mol. The van der Waals surface area contributed by atoms with Gasteiger partial charge in [0.2, 0.25) is 0 Å². The second-order valence-corrected chi connectivity index (χ2v) is 7.84. The van der Waals surface area contributed by atoms with Crippen LogP contribution >= 0.6 is 0 Å². The number of benzene rings is 1. The lowest BCUT2D eigenvalue weighted by molar-refractivity contribution is -0.0505. The zero-order valence-corrected chi connectivity index (χ0v) is 16.9. The summed E-state index contributed by atoms with van der Waals surface area (Å²) in [6.07, 6.45) is -3.00. The van der Waals surface area contributed by atoms with Gasteiger partial charge in [-0.1, -0.05) is 30.3 Å². The SMILES string of the molecule is CN(C(=O)OCc1ccccc1)N(C(=O)OC(C)(C)C)C(=O)OC(C)(C)C. The zero-order chi connectivity index (χ0) is 20.8. The molecule has 0 atom stereocenters. The Hall–Kier alpha value is -2.77. The molecule has 0 aliphatic carbocycles. The van der Waals surface area contributed by atoms with Crippen LogP contribution < -0.4 is 0 Å². The molecule has 1 aromatic carbocycles. The molecule has 0 spiro atoms. The third kappa shape index (κ3) is 7.98. The number of carbonyl (C=O) groups excluding carboxylic acids is 3. The summed E-state index contributed by atoms with van der Waals surface area (Å²) in [7, 11) is 1.22. The summed E-state index contributed by atoms with van der Waals surface area (Å²) in [6, 6.07) is 9.02. The Morgan fingerprint density at radius 2 is 1.26 bits per heavy atom. The van der Waals surface area contributed by atoms with E-state index in [1.165, 1.54) is 7.05 Å². The molecule has 1 rings (SSSR count). The summed E-state index contributed by atoms with van der Waals surface area (Å²) in [4.78, 5) is 37.3. The fourth-order valence-corrected chi connectivity index (χ4v) is 1.82. The first kappa shape index (κ1) is 22.3. The van der Waals surface area contributed by atoms with Crippen LogP contribution in [0.5, 0.6) is 0 Å². The number of ether oxygens (including phenoxy) is 3. The van der Waals surface area contributed by atoms with Gasteiger partial charge in [0, 0.05) is 7.05 Å². The lowest BCUT2D eigenvalue weighted by Crippen LogP contribution is -2.53. The highest BCUT2D eigenvalue weighted by molar-refractivity contribution is 5.90. The molecule has 0 aliphatic rings. The number of hydrogen-bond acceptors (Lipinski definition) is 6. The summed E-state index contributed by atoms with van der Waals surface area (Å²) >= 11 is 0. The van der Waals surface area contributed by atoms with E-state index in [4.69, 9.17) is 14.2 Å². The van der Waals surface area contributed by atoms with E-state index in [9.17, 15) is 14.4 Å². The van der Waals surface area contributed by atoms with E-state index in [-0.39, 0.29) is 6.61 Å². The zero-order valence-electron chi connectivity index (χ0n) is 16.9. The van der Waals surface area contributed by atoms with Gasteiger partial charge >= 0.3 is 18.3 Å². The minimum atomic E-state index is -1.05. The topological polar surface area (TPSA) is 85.4 Å². The van der Waals surface area contributed by atoms with Crippen molar-refractivity contribution in [1.29, 1.82) is 0 Å². The van der Waals surface area contributed by atoms with E-state index in [1.807, 2.05) is 6.07 Å². The molecule has 0 unspecified atom stereocenters. The van der Waals surface area contributed by atoms with Crippen molar-refractivity contribution in [3.63, 3.8) is 0 Å². The summed E-state index contributed by atoms with van der Waals surface area (Å²) in [5, 5.41) is 1.20. The molecule has 0 aliphatic heterocycles. The highest BCUT2D eigenvalue weighted by Gasteiger charge is 2.37. The number of rotatable bonds is 2. The van der Waals surface area contributed by atoms with Crippen molar-refractivity contribution in [1.82, 2.24) is 10.0 Å². The Morgan fingerprint density at radius 3 is 1.67 bits per heavy atom. The van der Waals surface area contributed by atoms with Crippen molar-refractivity contribution in [2.75, 3.05) is 7.05 Å². The second kappa shape index (κ2) is 8.75. The highest BCUT2D eigenvalue weighted by atomic mass is 16.6. The average Bonchev–Trinajstić information content (AvgIpc) is 2.50. The molecular weight excluding hydrogens is 352 g/mol. The third-order valence-corrected chi connectivity index (χ3v) is 2.90. The standard InChI is InChI=1S/C19H28N2O6/c1-18(2,3)26-16(23)21(17(24)27-19(4,5)6)20(7)15(22)25-13-14-11-9-8-10-12-14/h8-12H,13H2,1-7H3. The van der Waals surface area contributed by atoms with E-state index in [2.05, 4.69) is 0 Å². The van der Waals surface area contributed by atoms with Gasteiger partial charge in [0.15, 0.2) is 0 Å². The van der Waals surface area contributed by atoms with Gasteiger partial charge < -0.3 is 14.2 Å².